The van der Waals surface area contributed by atoms with Crippen LogP contribution in [0, 0.1) is 12.3 Å². The first-order chi connectivity index (χ1) is 16.1. The lowest BCUT2D eigenvalue weighted by atomic mass is 10.0. The predicted octanol–water partition coefficient (Wildman–Crippen LogP) is 6.61. The number of hydrogen-bond donors (Lipinski definition) is 3. The predicted molar refractivity (Wildman–Crippen MR) is 126 cm³/mol. The van der Waals surface area contributed by atoms with Crippen LogP contribution in [0.25, 0.3) is 0 Å². The number of alkyl halides is 6. The fraction of sp³-hybridized carbons (Fsp3) is 0.364. The number of aliphatic hydroxyl groups excluding tert-OH is 1. The van der Waals surface area contributed by atoms with Crippen LogP contribution in [0.4, 0.5) is 26.3 Å². The van der Waals surface area contributed by atoms with Gasteiger partial charge in [-0.2, -0.15) is 26.3 Å². The maximum atomic E-state index is 12.1. The summed E-state index contributed by atoms with van der Waals surface area (Å²) < 4.78 is 69.0. The van der Waals surface area contributed by atoms with Crippen LogP contribution in [0.5, 0.6) is 0 Å². The minimum absolute atomic E-state index is 0.116. The maximum absolute atomic E-state index is 12.1. The summed E-state index contributed by atoms with van der Waals surface area (Å²) in [5.41, 5.74) is 2.74. The van der Waals surface area contributed by atoms with Crippen molar-refractivity contribution in [2.24, 2.45) is 0 Å². The number of benzene rings is 2. The topological polar surface area (TPSA) is 73.2 Å². The molecule has 0 aliphatic rings. The molecule has 3 N–H and O–H groups in total. The first-order valence-electron chi connectivity index (χ1n) is 9.87. The fourth-order valence-electron chi connectivity index (χ4n) is 2.54. The van der Waals surface area contributed by atoms with Gasteiger partial charge in [-0.3, -0.25) is 4.79 Å². The lowest BCUT2D eigenvalue weighted by Crippen LogP contribution is -2.34. The van der Waals surface area contributed by atoms with Crippen LogP contribution in [0.1, 0.15) is 23.1 Å². The van der Waals surface area contributed by atoms with Crippen molar-refractivity contribution in [3.63, 3.8) is 0 Å². The molecule has 0 spiro atoms. The zero-order valence-corrected chi connectivity index (χ0v) is 20.6. The standard InChI is InChI=1S/C19H17Cl2F3N2OS.C3H5F3O/c1-11-4-13(16(25)7-12-5-14(20)8-15(21)6-12)2-3-17(11)28-9-18(27)26-10-19(22,23)24;4-3(5,6)1-2-7/h2-6,8,25H,7,9-10H2,1H3,(H,26,27);7H,1-2H2. The Labute approximate surface area is 212 Å². The van der Waals surface area contributed by atoms with Gasteiger partial charge >= 0.3 is 12.4 Å². The van der Waals surface area contributed by atoms with E-state index in [4.69, 9.17) is 33.7 Å². The monoisotopic (exact) mass is 562 g/mol. The Kier molecular flexibility index (Phi) is 12.4. The molecule has 2 aromatic rings. The number of aliphatic hydroxyl groups is 1. The van der Waals surface area contributed by atoms with Gasteiger partial charge in [0, 0.05) is 27.1 Å². The van der Waals surface area contributed by atoms with E-state index >= 15 is 0 Å². The zero-order chi connectivity index (χ0) is 26.8. The summed E-state index contributed by atoms with van der Waals surface area (Å²) in [5.74, 6) is -0.800. The number of aryl methyl sites for hydroxylation is 1. The SMILES string of the molecule is Cc1cc(C(=N)Cc2cc(Cl)cc(Cl)c2)ccc1SCC(=O)NCC(F)(F)F.OCCC(F)(F)F. The molecule has 0 aromatic heterocycles. The summed E-state index contributed by atoms with van der Waals surface area (Å²) >= 11 is 13.1. The minimum Gasteiger partial charge on any atom is -0.396 e. The van der Waals surface area contributed by atoms with Crippen LogP contribution < -0.4 is 5.32 Å². The Morgan fingerprint density at radius 2 is 1.63 bits per heavy atom. The van der Waals surface area contributed by atoms with Gasteiger partial charge in [0.1, 0.15) is 6.54 Å². The Balaban J connectivity index is 0.000000762. The number of amides is 1. The number of carbonyl (C=O) groups is 1. The van der Waals surface area contributed by atoms with Crippen LogP contribution in [0.3, 0.4) is 0 Å². The van der Waals surface area contributed by atoms with E-state index in [-0.39, 0.29) is 5.75 Å². The highest BCUT2D eigenvalue weighted by molar-refractivity contribution is 8.00. The third kappa shape index (κ3) is 13.6. The molecule has 0 aliphatic carbocycles. The van der Waals surface area contributed by atoms with Gasteiger partial charge in [0.15, 0.2) is 0 Å². The molecule has 0 bridgehead atoms. The fourth-order valence-corrected chi connectivity index (χ4v) is 3.95. The van der Waals surface area contributed by atoms with Gasteiger partial charge in [0.25, 0.3) is 0 Å². The van der Waals surface area contributed by atoms with E-state index in [0.29, 0.717) is 27.7 Å². The van der Waals surface area contributed by atoms with Crippen molar-refractivity contribution in [2.75, 3.05) is 18.9 Å². The quantitative estimate of drug-likeness (QED) is 0.192. The van der Waals surface area contributed by atoms with Crippen molar-refractivity contribution in [3.05, 3.63) is 63.1 Å². The summed E-state index contributed by atoms with van der Waals surface area (Å²) in [6, 6.07) is 10.4. The molecule has 2 rings (SSSR count). The second-order valence-electron chi connectivity index (χ2n) is 7.18. The van der Waals surface area contributed by atoms with Crippen LogP contribution in [0.2, 0.25) is 10.0 Å². The van der Waals surface area contributed by atoms with Crippen LogP contribution >= 0.6 is 35.0 Å². The molecule has 13 heteroatoms. The molecule has 35 heavy (non-hydrogen) atoms. The molecule has 0 aliphatic heterocycles. The molecule has 1 amide bonds. The molecule has 0 unspecified atom stereocenters. The molecule has 0 fully saturated rings. The molecule has 0 radical (unpaired) electrons. The van der Waals surface area contributed by atoms with Gasteiger partial charge in [0.05, 0.1) is 18.8 Å². The number of halogens is 8. The minimum atomic E-state index is -4.43. The van der Waals surface area contributed by atoms with Gasteiger partial charge in [-0.15, -0.1) is 11.8 Å². The van der Waals surface area contributed by atoms with Crippen LogP contribution in [-0.4, -0.2) is 48.0 Å². The average molecular weight is 563 g/mol. The highest BCUT2D eigenvalue weighted by Gasteiger charge is 2.27. The molecule has 0 atom stereocenters. The lowest BCUT2D eigenvalue weighted by Gasteiger charge is -2.11. The van der Waals surface area contributed by atoms with Crippen molar-refractivity contribution in [2.45, 2.75) is 37.0 Å². The highest BCUT2D eigenvalue weighted by atomic mass is 35.5. The summed E-state index contributed by atoms with van der Waals surface area (Å²) in [7, 11) is 0. The van der Waals surface area contributed by atoms with Gasteiger partial charge < -0.3 is 15.8 Å². The molecular formula is C22H22Cl2F6N2O2S. The Hall–Kier alpha value is -1.95. The smallest absolute Gasteiger partial charge is 0.396 e. The molecule has 0 saturated carbocycles. The number of nitrogens with one attached hydrogen (secondary N) is 2. The second-order valence-corrected chi connectivity index (χ2v) is 9.07. The number of thioether (sulfide) groups is 1. The number of hydrogen-bond acceptors (Lipinski definition) is 4. The van der Waals surface area contributed by atoms with Crippen LogP contribution in [0.15, 0.2) is 41.3 Å². The molecule has 4 nitrogen and oxygen atoms in total. The van der Waals surface area contributed by atoms with Crippen molar-refractivity contribution in [1.29, 1.82) is 5.41 Å². The van der Waals surface area contributed by atoms with E-state index in [9.17, 15) is 31.1 Å². The lowest BCUT2D eigenvalue weighted by molar-refractivity contribution is -0.141. The van der Waals surface area contributed by atoms with E-state index in [2.05, 4.69) is 0 Å². The first kappa shape index (κ1) is 31.1. The van der Waals surface area contributed by atoms with Gasteiger partial charge in [-0.1, -0.05) is 29.3 Å². The Bertz CT molecular complexity index is 996. The number of carbonyl (C=O) groups excluding carboxylic acids is 1. The van der Waals surface area contributed by atoms with Gasteiger partial charge in [-0.05, 0) is 53.9 Å². The average Bonchev–Trinajstić information content (AvgIpc) is 2.69. The molecule has 0 saturated heterocycles. The largest absolute Gasteiger partial charge is 0.405 e. The third-order valence-corrected chi connectivity index (χ3v) is 5.68. The number of rotatable bonds is 8. The van der Waals surface area contributed by atoms with Crippen molar-refractivity contribution >= 4 is 46.6 Å². The van der Waals surface area contributed by atoms with E-state index in [1.807, 2.05) is 18.3 Å². The van der Waals surface area contributed by atoms with E-state index in [1.54, 1.807) is 30.3 Å². The highest BCUT2D eigenvalue weighted by Crippen LogP contribution is 2.25. The van der Waals surface area contributed by atoms with Crippen molar-refractivity contribution in [3.8, 4) is 0 Å². The second kappa shape index (κ2) is 14.0. The first-order valence-corrected chi connectivity index (χ1v) is 11.6. The van der Waals surface area contributed by atoms with E-state index in [0.717, 1.165) is 27.8 Å². The Morgan fingerprint density at radius 1 is 1.03 bits per heavy atom. The summed E-state index contributed by atoms with van der Waals surface area (Å²) in [6.45, 7) is -0.332. The maximum Gasteiger partial charge on any atom is 0.405 e. The summed E-state index contributed by atoms with van der Waals surface area (Å²) in [5, 5.41) is 18.8. The normalized spacial score (nSPS) is 11.5. The van der Waals surface area contributed by atoms with Crippen molar-refractivity contribution < 1.29 is 36.2 Å². The van der Waals surface area contributed by atoms with Crippen LogP contribution in [-0.2, 0) is 11.2 Å². The zero-order valence-electron chi connectivity index (χ0n) is 18.3. The van der Waals surface area contributed by atoms with Crippen molar-refractivity contribution in [1.82, 2.24) is 5.32 Å². The summed E-state index contributed by atoms with van der Waals surface area (Å²) in [6.07, 6.45) is -9.38. The molecule has 194 valence electrons. The van der Waals surface area contributed by atoms with E-state index in [1.165, 1.54) is 0 Å². The molecule has 2 aromatic carbocycles. The van der Waals surface area contributed by atoms with E-state index < -0.39 is 37.8 Å². The van der Waals surface area contributed by atoms with Gasteiger partial charge in [0.2, 0.25) is 5.91 Å². The molecule has 0 heterocycles. The summed E-state index contributed by atoms with van der Waals surface area (Å²) in [4.78, 5) is 12.3. The Morgan fingerprint density at radius 3 is 2.09 bits per heavy atom. The molecular weight excluding hydrogens is 541 g/mol. The third-order valence-electron chi connectivity index (χ3n) is 4.07. The van der Waals surface area contributed by atoms with Gasteiger partial charge in [-0.25, -0.2) is 0 Å².